The van der Waals surface area contributed by atoms with E-state index in [0.29, 0.717) is 32.9 Å². The Morgan fingerprint density at radius 3 is 2.15 bits per heavy atom. The molecule has 0 heterocycles. The van der Waals surface area contributed by atoms with Crippen molar-refractivity contribution in [1.82, 2.24) is 10.2 Å². The first-order valence-corrected chi connectivity index (χ1v) is 12.0. The highest BCUT2D eigenvalue weighted by Crippen LogP contribution is 2.29. The SMILES string of the molecule is COc1cc(OC)cc(OCC(=O)N(Cc2c(Cl)cccc2Cl)C(C)C(=O)NC2CCCC2)c1. The van der Waals surface area contributed by atoms with Gasteiger partial charge in [-0.15, -0.1) is 0 Å². The van der Waals surface area contributed by atoms with Crippen molar-refractivity contribution in [3.63, 3.8) is 0 Å². The van der Waals surface area contributed by atoms with E-state index in [1.807, 2.05) is 0 Å². The zero-order valence-corrected chi connectivity index (χ0v) is 21.1. The smallest absolute Gasteiger partial charge is 0.261 e. The van der Waals surface area contributed by atoms with Gasteiger partial charge in [0.05, 0.1) is 14.2 Å². The summed E-state index contributed by atoms with van der Waals surface area (Å²) in [6.45, 7) is 1.47. The molecule has 1 N–H and O–H groups in total. The third kappa shape index (κ3) is 6.70. The number of hydrogen-bond donors (Lipinski definition) is 1. The number of halogens is 2. The number of nitrogens with zero attached hydrogens (tertiary/aromatic N) is 1. The van der Waals surface area contributed by atoms with Gasteiger partial charge in [0, 0.05) is 46.4 Å². The van der Waals surface area contributed by atoms with Crippen LogP contribution in [-0.4, -0.2) is 49.6 Å². The molecule has 0 spiro atoms. The highest BCUT2D eigenvalue weighted by Gasteiger charge is 2.29. The number of hydrogen-bond acceptors (Lipinski definition) is 5. The number of amides is 2. The summed E-state index contributed by atoms with van der Waals surface area (Å²) in [5.41, 5.74) is 0.572. The molecule has 2 aromatic carbocycles. The second kappa shape index (κ2) is 12.2. The zero-order valence-electron chi connectivity index (χ0n) is 19.6. The summed E-state index contributed by atoms with van der Waals surface area (Å²) in [4.78, 5) is 27.7. The molecule has 7 nitrogen and oxygen atoms in total. The van der Waals surface area contributed by atoms with E-state index in [-0.39, 0.29) is 31.0 Å². The molecule has 1 fully saturated rings. The van der Waals surface area contributed by atoms with E-state index in [0.717, 1.165) is 25.7 Å². The van der Waals surface area contributed by atoms with Crippen LogP contribution >= 0.6 is 23.2 Å². The second-order valence-corrected chi connectivity index (χ2v) is 9.04. The van der Waals surface area contributed by atoms with Crippen molar-refractivity contribution in [2.75, 3.05) is 20.8 Å². The van der Waals surface area contributed by atoms with Crippen LogP contribution in [0.25, 0.3) is 0 Å². The molecule has 1 aliphatic carbocycles. The number of benzene rings is 2. The van der Waals surface area contributed by atoms with Crippen molar-refractivity contribution in [1.29, 1.82) is 0 Å². The largest absolute Gasteiger partial charge is 0.496 e. The molecule has 9 heteroatoms. The number of nitrogens with one attached hydrogen (secondary N) is 1. The highest BCUT2D eigenvalue weighted by atomic mass is 35.5. The van der Waals surface area contributed by atoms with E-state index in [1.54, 1.807) is 43.3 Å². The molecule has 1 unspecified atom stereocenters. The van der Waals surface area contributed by atoms with Gasteiger partial charge in [0.2, 0.25) is 5.91 Å². The van der Waals surface area contributed by atoms with Gasteiger partial charge in [-0.3, -0.25) is 9.59 Å². The minimum absolute atomic E-state index is 0.0708. The maximum Gasteiger partial charge on any atom is 0.261 e. The summed E-state index contributed by atoms with van der Waals surface area (Å²) in [6, 6.07) is 9.54. The molecule has 3 rings (SSSR count). The summed E-state index contributed by atoms with van der Waals surface area (Å²) >= 11 is 12.7. The Hall–Kier alpha value is -2.64. The summed E-state index contributed by atoms with van der Waals surface area (Å²) in [5, 5.41) is 3.91. The van der Waals surface area contributed by atoms with Crippen molar-refractivity contribution in [2.45, 2.75) is 51.2 Å². The Morgan fingerprint density at radius 2 is 1.59 bits per heavy atom. The van der Waals surface area contributed by atoms with Gasteiger partial charge in [-0.05, 0) is 31.9 Å². The van der Waals surface area contributed by atoms with Gasteiger partial charge in [0.15, 0.2) is 6.61 Å². The van der Waals surface area contributed by atoms with Crippen LogP contribution in [0.5, 0.6) is 17.2 Å². The minimum atomic E-state index is -0.746. The lowest BCUT2D eigenvalue weighted by molar-refractivity contribution is -0.142. The number of methoxy groups -OCH3 is 2. The van der Waals surface area contributed by atoms with Crippen LogP contribution in [0.2, 0.25) is 10.0 Å². The highest BCUT2D eigenvalue weighted by molar-refractivity contribution is 6.36. The summed E-state index contributed by atoms with van der Waals surface area (Å²) in [7, 11) is 3.06. The fourth-order valence-corrected chi connectivity index (χ4v) is 4.44. The predicted molar refractivity (Wildman–Crippen MR) is 132 cm³/mol. The van der Waals surface area contributed by atoms with Crippen molar-refractivity contribution in [3.05, 3.63) is 52.0 Å². The van der Waals surface area contributed by atoms with Crippen molar-refractivity contribution >= 4 is 35.0 Å². The van der Waals surface area contributed by atoms with Gasteiger partial charge >= 0.3 is 0 Å². The topological polar surface area (TPSA) is 77.1 Å². The Kier molecular flexibility index (Phi) is 9.30. The van der Waals surface area contributed by atoms with Crippen LogP contribution in [0.3, 0.4) is 0 Å². The maximum absolute atomic E-state index is 13.3. The van der Waals surface area contributed by atoms with E-state index in [2.05, 4.69) is 5.32 Å². The van der Waals surface area contributed by atoms with Crippen molar-refractivity contribution in [2.24, 2.45) is 0 Å². The lowest BCUT2D eigenvalue weighted by atomic mass is 10.1. The van der Waals surface area contributed by atoms with E-state index in [4.69, 9.17) is 37.4 Å². The molecule has 0 aromatic heterocycles. The van der Waals surface area contributed by atoms with Gasteiger partial charge in [0.1, 0.15) is 23.3 Å². The molecule has 1 aliphatic rings. The van der Waals surface area contributed by atoms with Crippen LogP contribution in [0.1, 0.15) is 38.2 Å². The standard InChI is InChI=1S/C25H30Cl2N2O5/c1-16(25(31)28-17-7-4-5-8-17)29(14-21-22(26)9-6-10-23(21)27)24(30)15-34-20-12-18(32-2)11-19(13-20)33-3/h6,9-13,16-17H,4-5,7-8,14-15H2,1-3H3,(H,28,31). The monoisotopic (exact) mass is 508 g/mol. The molecule has 2 amide bonds. The Morgan fingerprint density at radius 1 is 1.03 bits per heavy atom. The average molecular weight is 509 g/mol. The van der Waals surface area contributed by atoms with E-state index < -0.39 is 6.04 Å². The van der Waals surface area contributed by atoms with Crippen LogP contribution in [0.4, 0.5) is 0 Å². The first-order chi connectivity index (χ1) is 16.3. The average Bonchev–Trinajstić information content (AvgIpc) is 3.34. The molecule has 0 bridgehead atoms. The van der Waals surface area contributed by atoms with E-state index >= 15 is 0 Å². The third-order valence-corrected chi connectivity index (χ3v) is 6.65. The molecular formula is C25H30Cl2N2O5. The Bertz CT molecular complexity index is 968. The van der Waals surface area contributed by atoms with E-state index in [1.165, 1.54) is 19.1 Å². The molecule has 184 valence electrons. The van der Waals surface area contributed by atoms with Crippen LogP contribution in [-0.2, 0) is 16.1 Å². The molecular weight excluding hydrogens is 479 g/mol. The fraction of sp³-hybridized carbons (Fsp3) is 0.440. The van der Waals surface area contributed by atoms with Crippen molar-refractivity contribution < 1.29 is 23.8 Å². The molecule has 1 saturated carbocycles. The van der Waals surface area contributed by atoms with E-state index in [9.17, 15) is 9.59 Å². The van der Waals surface area contributed by atoms with Crippen LogP contribution in [0, 0.1) is 0 Å². The van der Waals surface area contributed by atoms with Crippen LogP contribution < -0.4 is 19.5 Å². The molecule has 0 radical (unpaired) electrons. The van der Waals surface area contributed by atoms with Gasteiger partial charge in [0.25, 0.3) is 5.91 Å². The number of carbonyl (C=O) groups excluding carboxylic acids is 2. The van der Waals surface area contributed by atoms with Gasteiger partial charge in [-0.1, -0.05) is 42.1 Å². The molecule has 1 atom stereocenters. The van der Waals surface area contributed by atoms with Crippen LogP contribution in [0.15, 0.2) is 36.4 Å². The van der Waals surface area contributed by atoms with Crippen molar-refractivity contribution in [3.8, 4) is 17.2 Å². The Labute approximate surface area is 210 Å². The maximum atomic E-state index is 13.3. The Balaban J connectivity index is 1.79. The molecule has 0 aliphatic heterocycles. The zero-order chi connectivity index (χ0) is 24.7. The molecule has 34 heavy (non-hydrogen) atoms. The summed E-state index contributed by atoms with van der Waals surface area (Å²) < 4.78 is 16.3. The lowest BCUT2D eigenvalue weighted by Gasteiger charge is -2.30. The first-order valence-electron chi connectivity index (χ1n) is 11.2. The van der Waals surface area contributed by atoms with Gasteiger partial charge < -0.3 is 24.4 Å². The third-order valence-electron chi connectivity index (χ3n) is 5.95. The number of ether oxygens (including phenoxy) is 3. The first kappa shape index (κ1) is 26.0. The van der Waals surface area contributed by atoms with Gasteiger partial charge in [-0.2, -0.15) is 0 Å². The quantitative estimate of drug-likeness (QED) is 0.495. The predicted octanol–water partition coefficient (Wildman–Crippen LogP) is 4.87. The summed E-state index contributed by atoms with van der Waals surface area (Å²) in [5.74, 6) is 0.873. The molecule has 0 saturated heterocycles. The minimum Gasteiger partial charge on any atom is -0.496 e. The lowest BCUT2D eigenvalue weighted by Crippen LogP contribution is -2.50. The summed E-state index contributed by atoms with van der Waals surface area (Å²) in [6.07, 6.45) is 4.08. The number of carbonyl (C=O) groups is 2. The second-order valence-electron chi connectivity index (χ2n) is 8.22. The normalized spacial score (nSPS) is 14.4. The van der Waals surface area contributed by atoms with Gasteiger partial charge in [-0.25, -0.2) is 0 Å². The fourth-order valence-electron chi connectivity index (χ4n) is 3.92. The number of rotatable bonds is 10. The molecule has 2 aromatic rings.